The third-order valence-corrected chi connectivity index (χ3v) is 2.08. The zero-order chi connectivity index (χ0) is 12.7. The molecule has 2 atom stereocenters. The van der Waals surface area contributed by atoms with E-state index in [2.05, 4.69) is 11.9 Å². The van der Waals surface area contributed by atoms with E-state index in [1.807, 2.05) is 13.8 Å². The van der Waals surface area contributed by atoms with E-state index in [-0.39, 0.29) is 18.4 Å². The molecule has 0 aliphatic carbocycles. The molecule has 0 saturated heterocycles. The molecule has 0 aliphatic rings. The Morgan fingerprint density at radius 3 is 2.44 bits per heavy atom. The van der Waals surface area contributed by atoms with Crippen LogP contribution in [0.2, 0.25) is 0 Å². The normalized spacial score (nSPS) is 14.1. The van der Waals surface area contributed by atoms with Gasteiger partial charge in [0, 0.05) is 0 Å². The first-order valence-corrected chi connectivity index (χ1v) is 5.23. The lowest BCUT2D eigenvalue weighted by molar-refractivity contribution is -0.146. The van der Waals surface area contributed by atoms with Gasteiger partial charge in [0.1, 0.15) is 12.6 Å². The summed E-state index contributed by atoms with van der Waals surface area (Å²) in [5, 5.41) is 2.50. The molecule has 0 aromatic heterocycles. The zero-order valence-electron chi connectivity index (χ0n) is 10.0. The van der Waals surface area contributed by atoms with Gasteiger partial charge >= 0.3 is 5.97 Å². The molecular weight excluding hydrogens is 208 g/mol. The van der Waals surface area contributed by atoms with Crippen LogP contribution in [0.4, 0.5) is 0 Å². The molecule has 0 aromatic carbocycles. The summed E-state index contributed by atoms with van der Waals surface area (Å²) < 4.78 is 4.78. The van der Waals surface area contributed by atoms with Crippen LogP contribution in [0.1, 0.15) is 20.8 Å². The number of amides is 1. The predicted molar refractivity (Wildman–Crippen MR) is 61.6 cm³/mol. The van der Waals surface area contributed by atoms with Gasteiger partial charge in [-0.2, -0.15) is 0 Å². The van der Waals surface area contributed by atoms with E-state index in [9.17, 15) is 9.59 Å². The van der Waals surface area contributed by atoms with Gasteiger partial charge in [-0.1, -0.05) is 26.5 Å². The van der Waals surface area contributed by atoms with E-state index in [1.165, 1.54) is 6.08 Å². The number of carbonyl (C=O) groups excluding carboxylic acids is 2. The summed E-state index contributed by atoms with van der Waals surface area (Å²) in [6, 6.07) is -1.31. The van der Waals surface area contributed by atoms with Crippen LogP contribution in [-0.2, 0) is 14.3 Å². The Balaban J connectivity index is 4.13. The second-order valence-electron chi connectivity index (χ2n) is 3.92. The van der Waals surface area contributed by atoms with Gasteiger partial charge in [0.15, 0.2) is 0 Å². The van der Waals surface area contributed by atoms with Gasteiger partial charge < -0.3 is 15.8 Å². The first-order valence-electron chi connectivity index (χ1n) is 5.23. The third-order valence-electron chi connectivity index (χ3n) is 2.08. The second kappa shape index (κ2) is 7.00. The summed E-state index contributed by atoms with van der Waals surface area (Å²) in [5.74, 6) is -0.821. The highest BCUT2D eigenvalue weighted by atomic mass is 16.5. The first kappa shape index (κ1) is 14.6. The number of carbonyl (C=O) groups is 2. The van der Waals surface area contributed by atoms with Gasteiger partial charge in [-0.05, 0) is 12.8 Å². The van der Waals surface area contributed by atoms with Crippen molar-refractivity contribution in [2.75, 3.05) is 6.61 Å². The van der Waals surface area contributed by atoms with Crippen molar-refractivity contribution in [1.82, 2.24) is 5.32 Å². The molecule has 5 heteroatoms. The molecule has 0 unspecified atom stereocenters. The van der Waals surface area contributed by atoms with Crippen LogP contribution in [0.5, 0.6) is 0 Å². The maximum absolute atomic E-state index is 11.5. The predicted octanol–water partition coefficient (Wildman–Crippen LogP) is 0.204. The summed E-state index contributed by atoms with van der Waals surface area (Å²) >= 11 is 0. The average molecular weight is 228 g/mol. The van der Waals surface area contributed by atoms with Crippen LogP contribution >= 0.6 is 0 Å². The van der Waals surface area contributed by atoms with E-state index in [1.54, 1.807) is 6.92 Å². The smallest absolute Gasteiger partial charge is 0.328 e. The second-order valence-corrected chi connectivity index (χ2v) is 3.92. The Morgan fingerprint density at radius 2 is 2.00 bits per heavy atom. The molecule has 0 fully saturated rings. The van der Waals surface area contributed by atoms with Crippen molar-refractivity contribution in [2.24, 2.45) is 11.7 Å². The molecule has 0 heterocycles. The minimum Gasteiger partial charge on any atom is -0.460 e. The van der Waals surface area contributed by atoms with Crippen molar-refractivity contribution in [3.63, 3.8) is 0 Å². The Morgan fingerprint density at radius 1 is 1.44 bits per heavy atom. The van der Waals surface area contributed by atoms with Gasteiger partial charge in [0.2, 0.25) is 5.91 Å². The molecule has 1 amide bonds. The summed E-state index contributed by atoms with van der Waals surface area (Å²) in [6.07, 6.45) is 1.46. The van der Waals surface area contributed by atoms with Gasteiger partial charge in [-0.15, -0.1) is 0 Å². The summed E-state index contributed by atoms with van der Waals surface area (Å²) in [6.45, 7) is 8.78. The Labute approximate surface area is 96.0 Å². The molecule has 5 nitrogen and oxygen atoms in total. The number of hydrogen-bond acceptors (Lipinski definition) is 4. The number of rotatable bonds is 6. The monoisotopic (exact) mass is 228 g/mol. The highest BCUT2D eigenvalue weighted by Gasteiger charge is 2.22. The minimum atomic E-state index is -0.697. The summed E-state index contributed by atoms with van der Waals surface area (Å²) in [7, 11) is 0. The van der Waals surface area contributed by atoms with E-state index in [0.717, 1.165) is 0 Å². The molecule has 0 aliphatic heterocycles. The molecule has 16 heavy (non-hydrogen) atoms. The van der Waals surface area contributed by atoms with Gasteiger partial charge in [0.05, 0.1) is 6.04 Å². The third kappa shape index (κ3) is 4.93. The molecule has 0 aromatic rings. The molecule has 0 radical (unpaired) electrons. The molecule has 0 saturated carbocycles. The lowest BCUT2D eigenvalue weighted by Crippen LogP contribution is -2.49. The van der Waals surface area contributed by atoms with Crippen molar-refractivity contribution in [2.45, 2.75) is 32.9 Å². The van der Waals surface area contributed by atoms with E-state index in [4.69, 9.17) is 10.5 Å². The van der Waals surface area contributed by atoms with Crippen molar-refractivity contribution >= 4 is 11.9 Å². The quantitative estimate of drug-likeness (QED) is 0.503. The fourth-order valence-corrected chi connectivity index (χ4v) is 0.937. The maximum atomic E-state index is 11.5. The minimum absolute atomic E-state index is 0.0244. The van der Waals surface area contributed by atoms with Crippen LogP contribution in [0.3, 0.4) is 0 Å². The summed E-state index contributed by atoms with van der Waals surface area (Å²) in [5.41, 5.74) is 5.63. The average Bonchev–Trinajstić information content (AvgIpc) is 2.24. The molecule has 3 N–H and O–H groups in total. The van der Waals surface area contributed by atoms with E-state index in [0.29, 0.717) is 0 Å². The number of nitrogens with two attached hydrogens (primary N) is 1. The fraction of sp³-hybridized carbons (Fsp3) is 0.636. The van der Waals surface area contributed by atoms with Crippen LogP contribution in [-0.4, -0.2) is 30.6 Å². The molecular formula is C11H20N2O3. The SMILES string of the molecule is C=CCOC(=O)[C@H](C)NC(=O)[C@@H](N)C(C)C. The van der Waals surface area contributed by atoms with Gasteiger partial charge in [-0.3, -0.25) is 4.79 Å². The molecule has 0 spiro atoms. The Hall–Kier alpha value is -1.36. The van der Waals surface area contributed by atoms with Crippen LogP contribution in [0.25, 0.3) is 0 Å². The Kier molecular flexibility index (Phi) is 6.41. The lowest BCUT2D eigenvalue weighted by atomic mass is 10.0. The fourth-order valence-electron chi connectivity index (χ4n) is 0.937. The number of esters is 1. The lowest BCUT2D eigenvalue weighted by Gasteiger charge is -2.18. The van der Waals surface area contributed by atoms with Gasteiger partial charge in [-0.25, -0.2) is 4.79 Å². The number of hydrogen-bond donors (Lipinski definition) is 2. The largest absolute Gasteiger partial charge is 0.460 e. The molecule has 0 rings (SSSR count). The standard InChI is InChI=1S/C11H20N2O3/c1-5-6-16-11(15)8(4)13-10(14)9(12)7(2)3/h5,7-9H,1,6,12H2,2-4H3,(H,13,14)/t8-,9-/m0/s1. The number of ether oxygens (including phenoxy) is 1. The van der Waals surface area contributed by atoms with Crippen molar-refractivity contribution in [3.05, 3.63) is 12.7 Å². The maximum Gasteiger partial charge on any atom is 0.328 e. The zero-order valence-corrected chi connectivity index (χ0v) is 10.0. The van der Waals surface area contributed by atoms with Gasteiger partial charge in [0.25, 0.3) is 0 Å². The van der Waals surface area contributed by atoms with Crippen LogP contribution in [0.15, 0.2) is 12.7 Å². The van der Waals surface area contributed by atoms with Crippen molar-refractivity contribution < 1.29 is 14.3 Å². The molecule has 0 bridgehead atoms. The topological polar surface area (TPSA) is 81.4 Å². The van der Waals surface area contributed by atoms with Crippen LogP contribution in [0, 0.1) is 5.92 Å². The molecule has 92 valence electrons. The van der Waals surface area contributed by atoms with Crippen molar-refractivity contribution in [1.29, 1.82) is 0 Å². The van der Waals surface area contributed by atoms with Crippen molar-refractivity contribution in [3.8, 4) is 0 Å². The van der Waals surface area contributed by atoms with Crippen LogP contribution < -0.4 is 11.1 Å². The highest BCUT2D eigenvalue weighted by molar-refractivity contribution is 5.87. The Bertz CT molecular complexity index is 264. The first-order chi connectivity index (χ1) is 7.40. The van der Waals surface area contributed by atoms with E-state index >= 15 is 0 Å². The van der Waals surface area contributed by atoms with E-state index < -0.39 is 18.1 Å². The highest BCUT2D eigenvalue weighted by Crippen LogP contribution is 1.99. The number of nitrogens with one attached hydrogen (secondary N) is 1. The summed E-state index contributed by atoms with van der Waals surface area (Å²) in [4.78, 5) is 22.8.